The number of carbonyl (C=O) groups excluding carboxylic acids is 2. The highest BCUT2D eigenvalue weighted by molar-refractivity contribution is 5.90. The Morgan fingerprint density at radius 1 is 1.04 bits per heavy atom. The molecule has 26 heavy (non-hydrogen) atoms. The van der Waals surface area contributed by atoms with Gasteiger partial charge in [0, 0.05) is 13.1 Å². The summed E-state index contributed by atoms with van der Waals surface area (Å²) < 4.78 is 0. The molecule has 2 rings (SSSR count). The predicted octanol–water partition coefficient (Wildman–Crippen LogP) is 2.45. The van der Waals surface area contributed by atoms with E-state index >= 15 is 0 Å². The number of nitrogens with two attached hydrogens (primary N) is 1. The zero-order chi connectivity index (χ0) is 18.3. The normalized spacial score (nSPS) is 12.4. The van der Waals surface area contributed by atoms with Crippen LogP contribution in [0, 0.1) is 0 Å². The highest BCUT2D eigenvalue weighted by Crippen LogP contribution is 2.17. The van der Waals surface area contributed by atoms with Gasteiger partial charge in [-0.25, -0.2) is 0 Å². The first-order valence-corrected chi connectivity index (χ1v) is 8.39. The van der Waals surface area contributed by atoms with E-state index < -0.39 is 5.54 Å². The largest absolute Gasteiger partial charge is 0.345 e. The first-order valence-electron chi connectivity index (χ1n) is 8.39. The van der Waals surface area contributed by atoms with Gasteiger partial charge in [-0.1, -0.05) is 60.7 Å². The van der Waals surface area contributed by atoms with Crippen LogP contribution in [0.15, 0.2) is 60.7 Å². The van der Waals surface area contributed by atoms with Gasteiger partial charge < -0.3 is 16.0 Å². The highest BCUT2D eigenvalue weighted by atomic mass is 35.5. The van der Waals surface area contributed by atoms with Gasteiger partial charge in [0.05, 0.1) is 6.54 Å². The third-order valence-corrected chi connectivity index (χ3v) is 4.20. The van der Waals surface area contributed by atoms with Crippen LogP contribution in [0.25, 0.3) is 0 Å². The van der Waals surface area contributed by atoms with Crippen molar-refractivity contribution in [2.75, 3.05) is 13.1 Å². The Kier molecular flexibility index (Phi) is 8.29. The van der Waals surface area contributed by atoms with Crippen LogP contribution in [0.3, 0.4) is 0 Å². The van der Waals surface area contributed by atoms with Crippen LogP contribution >= 0.6 is 12.4 Å². The fraction of sp³-hybridized carbons (Fsp3) is 0.300. The summed E-state index contributed by atoms with van der Waals surface area (Å²) in [5.74, 6) is -0.508. The van der Waals surface area contributed by atoms with E-state index in [9.17, 15) is 9.59 Å². The van der Waals surface area contributed by atoms with Gasteiger partial charge in [-0.05, 0) is 25.0 Å². The number of hydrogen-bond acceptors (Lipinski definition) is 3. The summed E-state index contributed by atoms with van der Waals surface area (Å²) in [5.41, 5.74) is 6.74. The molecule has 0 aliphatic carbocycles. The fourth-order valence-electron chi connectivity index (χ4n) is 2.55. The second-order valence-corrected chi connectivity index (χ2v) is 6.14. The molecule has 5 nitrogen and oxygen atoms in total. The molecule has 140 valence electrons. The summed E-state index contributed by atoms with van der Waals surface area (Å²) in [4.78, 5) is 26.5. The SMILES string of the molecule is CCN(Cc1ccccc1)C(=O)CNC(=O)C(C)(N)c1ccccc1.Cl. The van der Waals surface area contributed by atoms with E-state index in [0.717, 1.165) is 5.56 Å². The summed E-state index contributed by atoms with van der Waals surface area (Å²) >= 11 is 0. The number of amides is 2. The summed E-state index contributed by atoms with van der Waals surface area (Å²) in [6.07, 6.45) is 0. The number of hydrogen-bond donors (Lipinski definition) is 2. The number of nitrogens with one attached hydrogen (secondary N) is 1. The Morgan fingerprint density at radius 3 is 2.12 bits per heavy atom. The minimum atomic E-state index is -1.18. The minimum absolute atomic E-state index is 0. The molecule has 0 aliphatic rings. The first kappa shape index (κ1) is 21.7. The Hall–Kier alpha value is -2.37. The van der Waals surface area contributed by atoms with Crippen LogP contribution in [-0.4, -0.2) is 29.8 Å². The van der Waals surface area contributed by atoms with Crippen LogP contribution in [0.1, 0.15) is 25.0 Å². The lowest BCUT2D eigenvalue weighted by atomic mass is 9.92. The number of halogens is 1. The third-order valence-electron chi connectivity index (χ3n) is 4.20. The summed E-state index contributed by atoms with van der Waals surface area (Å²) in [6.45, 7) is 4.58. The molecule has 2 aromatic rings. The van der Waals surface area contributed by atoms with Crippen molar-refractivity contribution in [3.8, 4) is 0 Å². The average Bonchev–Trinajstić information content (AvgIpc) is 2.65. The van der Waals surface area contributed by atoms with Gasteiger partial charge in [0.25, 0.3) is 0 Å². The van der Waals surface area contributed by atoms with Crippen molar-refractivity contribution in [1.82, 2.24) is 10.2 Å². The number of carbonyl (C=O) groups is 2. The standard InChI is InChI=1S/C20H25N3O2.ClH/c1-3-23(15-16-10-6-4-7-11-16)18(24)14-22-19(25)20(2,21)17-12-8-5-9-13-17;/h4-13H,3,14-15,21H2,1-2H3,(H,22,25);1H. The second-order valence-electron chi connectivity index (χ2n) is 6.14. The smallest absolute Gasteiger partial charge is 0.244 e. The molecule has 2 aromatic carbocycles. The van der Waals surface area contributed by atoms with Gasteiger partial charge >= 0.3 is 0 Å². The number of rotatable bonds is 7. The van der Waals surface area contributed by atoms with Gasteiger partial charge in [0.2, 0.25) is 11.8 Å². The van der Waals surface area contributed by atoms with Crippen LogP contribution in [0.2, 0.25) is 0 Å². The molecule has 1 unspecified atom stereocenters. The van der Waals surface area contributed by atoms with Crippen LogP contribution in [-0.2, 0) is 21.7 Å². The Labute approximate surface area is 161 Å². The number of nitrogens with zero attached hydrogens (tertiary/aromatic N) is 1. The van der Waals surface area contributed by atoms with E-state index in [2.05, 4.69) is 5.32 Å². The number of benzene rings is 2. The molecule has 0 heterocycles. The van der Waals surface area contributed by atoms with Crippen molar-refractivity contribution in [3.63, 3.8) is 0 Å². The lowest BCUT2D eigenvalue weighted by Crippen LogP contribution is -2.51. The predicted molar refractivity (Wildman–Crippen MR) is 106 cm³/mol. The van der Waals surface area contributed by atoms with E-state index in [1.54, 1.807) is 24.0 Å². The van der Waals surface area contributed by atoms with Gasteiger partial charge in [0.15, 0.2) is 0 Å². The maximum Gasteiger partial charge on any atom is 0.244 e. The Balaban J connectivity index is 0.00000338. The van der Waals surface area contributed by atoms with Gasteiger partial charge in [-0.3, -0.25) is 9.59 Å². The molecule has 0 aromatic heterocycles. The maximum absolute atomic E-state index is 12.4. The van der Waals surface area contributed by atoms with Crippen molar-refractivity contribution >= 4 is 24.2 Å². The summed E-state index contributed by atoms with van der Waals surface area (Å²) in [5, 5.41) is 2.67. The molecular formula is C20H26ClN3O2. The van der Waals surface area contributed by atoms with Gasteiger partial charge in [-0.2, -0.15) is 0 Å². The van der Waals surface area contributed by atoms with Crippen molar-refractivity contribution in [3.05, 3.63) is 71.8 Å². The molecule has 0 saturated carbocycles. The fourth-order valence-corrected chi connectivity index (χ4v) is 2.55. The molecule has 6 heteroatoms. The molecule has 1 atom stereocenters. The third kappa shape index (κ3) is 5.58. The monoisotopic (exact) mass is 375 g/mol. The molecule has 3 N–H and O–H groups in total. The van der Waals surface area contributed by atoms with E-state index in [-0.39, 0.29) is 30.8 Å². The highest BCUT2D eigenvalue weighted by Gasteiger charge is 2.30. The molecule has 0 saturated heterocycles. The molecule has 0 spiro atoms. The van der Waals surface area contributed by atoms with Crippen LogP contribution < -0.4 is 11.1 Å². The van der Waals surface area contributed by atoms with Crippen molar-refractivity contribution < 1.29 is 9.59 Å². The number of likely N-dealkylation sites (N-methyl/N-ethyl adjacent to an activating group) is 1. The first-order chi connectivity index (χ1) is 11.9. The van der Waals surface area contributed by atoms with Crippen molar-refractivity contribution in [2.24, 2.45) is 5.73 Å². The molecule has 0 fully saturated rings. The Morgan fingerprint density at radius 2 is 1.58 bits per heavy atom. The topological polar surface area (TPSA) is 75.4 Å². The zero-order valence-corrected chi connectivity index (χ0v) is 16.0. The molecule has 0 aliphatic heterocycles. The van der Waals surface area contributed by atoms with Gasteiger partial charge in [-0.15, -0.1) is 12.4 Å². The van der Waals surface area contributed by atoms with Crippen LogP contribution in [0.4, 0.5) is 0 Å². The average molecular weight is 376 g/mol. The van der Waals surface area contributed by atoms with E-state index in [4.69, 9.17) is 5.73 Å². The molecule has 0 radical (unpaired) electrons. The quantitative estimate of drug-likeness (QED) is 0.780. The summed E-state index contributed by atoms with van der Waals surface area (Å²) in [7, 11) is 0. The maximum atomic E-state index is 12.4. The zero-order valence-electron chi connectivity index (χ0n) is 15.1. The molecule has 0 bridgehead atoms. The summed E-state index contributed by atoms with van der Waals surface area (Å²) in [6, 6.07) is 18.9. The van der Waals surface area contributed by atoms with Gasteiger partial charge in [0.1, 0.15) is 5.54 Å². The second kappa shape index (κ2) is 9.94. The Bertz CT molecular complexity index is 706. The van der Waals surface area contributed by atoms with Crippen LogP contribution in [0.5, 0.6) is 0 Å². The van der Waals surface area contributed by atoms with Crippen molar-refractivity contribution in [2.45, 2.75) is 25.9 Å². The lowest BCUT2D eigenvalue weighted by Gasteiger charge is -2.25. The van der Waals surface area contributed by atoms with E-state index in [1.807, 2.05) is 55.5 Å². The lowest BCUT2D eigenvalue weighted by molar-refractivity contribution is -0.134. The molecular weight excluding hydrogens is 350 g/mol. The van der Waals surface area contributed by atoms with Crippen molar-refractivity contribution in [1.29, 1.82) is 0 Å². The molecule has 2 amide bonds. The minimum Gasteiger partial charge on any atom is -0.345 e. The van der Waals surface area contributed by atoms with E-state index in [1.165, 1.54) is 0 Å². The van der Waals surface area contributed by atoms with E-state index in [0.29, 0.717) is 18.7 Å².